The topological polar surface area (TPSA) is 31.4 Å². The van der Waals surface area contributed by atoms with Gasteiger partial charge < -0.3 is 29.1 Å². The van der Waals surface area contributed by atoms with Crippen LogP contribution in [0.2, 0.25) is 0 Å². The standard InChI is InChI=1S/C84H56B2N4O2/c1-8-29-57(30-9-1)66-43-22-25-48-73(66)88(62-39-18-6-19-40-62)65-52-76-82-81(54-65)92-78-49-26-23-46-69(78)85(82)71-55-72-75(56-74(71)89(76)63-41-20-7-21-42-63)90(84-67(58-31-10-2-11-32-58)44-28-45-68(84)59-33-12-3-13-34-59)77-51-64(53-80-83(77)86(72)70-47-24-27-50-79(70)91-80)87(60-35-14-4-15-36-60)61-37-16-5-17-38-61/h1-56H. The van der Waals surface area contributed by atoms with E-state index in [0.29, 0.717) is 0 Å². The Morgan fingerprint density at radius 3 is 1.14 bits per heavy atom. The summed E-state index contributed by atoms with van der Waals surface area (Å²) in [5.41, 5.74) is 25.9. The maximum atomic E-state index is 7.41. The quantitative estimate of drug-likeness (QED) is 0.120. The lowest BCUT2D eigenvalue weighted by molar-refractivity contribution is 0.487. The summed E-state index contributed by atoms with van der Waals surface area (Å²) in [6.45, 7) is -0.469. The molecular formula is C84H56B2N4O2. The Balaban J connectivity index is 0.967. The molecule has 14 aromatic carbocycles. The minimum Gasteiger partial charge on any atom is -0.458 e. The first kappa shape index (κ1) is 53.1. The molecule has 0 unspecified atom stereocenters. The summed E-state index contributed by atoms with van der Waals surface area (Å²) in [5.74, 6) is 3.30. The van der Waals surface area contributed by atoms with Gasteiger partial charge in [-0.05, 0) is 134 Å². The molecule has 0 bridgehead atoms. The smallest absolute Gasteiger partial charge is 0.256 e. The van der Waals surface area contributed by atoms with Crippen LogP contribution < -0.4 is 61.9 Å². The lowest BCUT2D eigenvalue weighted by Crippen LogP contribution is -2.63. The van der Waals surface area contributed by atoms with Crippen molar-refractivity contribution in [3.63, 3.8) is 0 Å². The molecule has 4 aliphatic heterocycles. The lowest BCUT2D eigenvalue weighted by atomic mass is 9.31. The molecule has 0 spiro atoms. The number of hydrogen-bond acceptors (Lipinski definition) is 6. The molecular weight excluding hydrogens is 1120 g/mol. The summed E-state index contributed by atoms with van der Waals surface area (Å²) in [5, 5.41) is 0. The number of rotatable bonds is 11. The highest BCUT2D eigenvalue weighted by Gasteiger charge is 2.48. The number of para-hydroxylation sites is 8. The first-order chi connectivity index (χ1) is 45.7. The van der Waals surface area contributed by atoms with Crippen molar-refractivity contribution in [2.75, 3.05) is 19.6 Å². The minimum absolute atomic E-state index is 0.227. The monoisotopic (exact) mass is 1170 g/mol. The Morgan fingerprint density at radius 1 is 0.250 bits per heavy atom. The van der Waals surface area contributed by atoms with Gasteiger partial charge in [0.1, 0.15) is 23.0 Å². The van der Waals surface area contributed by atoms with Crippen LogP contribution in [0.4, 0.5) is 68.2 Å². The molecule has 0 saturated heterocycles. The maximum Gasteiger partial charge on any atom is 0.256 e. The van der Waals surface area contributed by atoms with E-state index in [-0.39, 0.29) is 13.4 Å². The summed E-state index contributed by atoms with van der Waals surface area (Å²) >= 11 is 0. The van der Waals surface area contributed by atoms with E-state index in [4.69, 9.17) is 9.47 Å². The third kappa shape index (κ3) is 8.67. The molecule has 430 valence electrons. The number of hydrogen-bond donors (Lipinski definition) is 0. The van der Waals surface area contributed by atoms with E-state index in [1.54, 1.807) is 0 Å². The number of anilines is 12. The second-order valence-corrected chi connectivity index (χ2v) is 23.9. The van der Waals surface area contributed by atoms with Crippen molar-refractivity contribution < 1.29 is 9.47 Å². The predicted molar refractivity (Wildman–Crippen MR) is 384 cm³/mol. The van der Waals surface area contributed by atoms with Gasteiger partial charge in [0, 0.05) is 74.3 Å². The minimum atomic E-state index is -0.242. The molecule has 8 heteroatoms. The third-order valence-electron chi connectivity index (χ3n) is 18.7. The number of ether oxygens (including phenoxy) is 2. The largest absolute Gasteiger partial charge is 0.458 e. The second kappa shape index (κ2) is 21.9. The fraction of sp³-hybridized carbons (Fsp3) is 0. The van der Waals surface area contributed by atoms with Gasteiger partial charge in [0.2, 0.25) is 0 Å². The van der Waals surface area contributed by atoms with Crippen molar-refractivity contribution in [1.82, 2.24) is 0 Å². The van der Waals surface area contributed by atoms with Crippen LogP contribution in [0.3, 0.4) is 0 Å². The second-order valence-electron chi connectivity index (χ2n) is 23.9. The normalized spacial score (nSPS) is 12.7. The molecule has 0 atom stereocenters. The summed E-state index contributed by atoms with van der Waals surface area (Å²) in [6.07, 6.45) is 0. The van der Waals surface area contributed by atoms with E-state index < -0.39 is 0 Å². The summed E-state index contributed by atoms with van der Waals surface area (Å²) in [7, 11) is 0. The Morgan fingerprint density at radius 2 is 0.630 bits per heavy atom. The van der Waals surface area contributed by atoms with Crippen LogP contribution in [-0.4, -0.2) is 13.4 Å². The Bertz CT molecular complexity index is 5040. The predicted octanol–water partition coefficient (Wildman–Crippen LogP) is 18.4. The zero-order valence-electron chi connectivity index (χ0n) is 50.1. The molecule has 4 aliphatic rings. The highest BCUT2D eigenvalue weighted by molar-refractivity contribution is 7.02. The highest BCUT2D eigenvalue weighted by Crippen LogP contribution is 2.54. The zero-order chi connectivity index (χ0) is 60.6. The molecule has 0 saturated carbocycles. The van der Waals surface area contributed by atoms with Gasteiger partial charge >= 0.3 is 0 Å². The fourth-order valence-corrected chi connectivity index (χ4v) is 14.8. The molecule has 0 amide bonds. The molecule has 0 aromatic heterocycles. The van der Waals surface area contributed by atoms with Crippen molar-refractivity contribution in [2.45, 2.75) is 0 Å². The Labute approximate surface area is 536 Å². The lowest BCUT2D eigenvalue weighted by Gasteiger charge is -2.45. The molecule has 18 rings (SSSR count). The van der Waals surface area contributed by atoms with E-state index in [9.17, 15) is 0 Å². The Kier molecular flexibility index (Phi) is 12.7. The Hall–Kier alpha value is -12.0. The SMILES string of the molecule is c1ccc(-c2ccccc2N(c2ccccc2)c2cc3c4c(c2)N(c2ccccc2)c2cc5c(cc2B4c2ccccc2O3)B2c3ccccc3Oc3cc(N(c4ccccc4)c4ccccc4)cc(c32)N5c2c(-c3ccccc3)cccc2-c2ccccc2)cc1. The third-order valence-corrected chi connectivity index (χ3v) is 18.7. The van der Waals surface area contributed by atoms with Crippen LogP contribution in [0.5, 0.6) is 23.0 Å². The highest BCUT2D eigenvalue weighted by atomic mass is 16.5. The molecule has 92 heavy (non-hydrogen) atoms. The van der Waals surface area contributed by atoms with Gasteiger partial charge in [-0.1, -0.05) is 243 Å². The summed E-state index contributed by atoms with van der Waals surface area (Å²) < 4.78 is 14.8. The molecule has 4 heterocycles. The first-order valence-corrected chi connectivity index (χ1v) is 31.5. The summed E-state index contributed by atoms with van der Waals surface area (Å²) in [6, 6.07) is 123. The fourth-order valence-electron chi connectivity index (χ4n) is 14.8. The van der Waals surface area contributed by atoms with Crippen LogP contribution in [0.15, 0.2) is 340 Å². The van der Waals surface area contributed by atoms with E-state index >= 15 is 0 Å². The van der Waals surface area contributed by atoms with Crippen LogP contribution in [0.25, 0.3) is 33.4 Å². The van der Waals surface area contributed by atoms with E-state index in [1.165, 1.54) is 10.9 Å². The van der Waals surface area contributed by atoms with E-state index in [0.717, 1.165) is 146 Å². The molecule has 0 aliphatic carbocycles. The number of nitrogens with zero attached hydrogens (tertiary/aromatic N) is 4. The van der Waals surface area contributed by atoms with Gasteiger partial charge in [-0.25, -0.2) is 0 Å². The summed E-state index contributed by atoms with van der Waals surface area (Å²) in [4.78, 5) is 9.87. The first-order valence-electron chi connectivity index (χ1n) is 31.5. The van der Waals surface area contributed by atoms with Crippen LogP contribution in [0, 0.1) is 0 Å². The van der Waals surface area contributed by atoms with Crippen LogP contribution in [0.1, 0.15) is 0 Å². The van der Waals surface area contributed by atoms with Gasteiger partial charge in [-0.2, -0.15) is 0 Å². The number of fused-ring (bicyclic) bond motifs is 8. The van der Waals surface area contributed by atoms with Gasteiger partial charge in [-0.3, -0.25) is 0 Å². The molecule has 14 aromatic rings. The zero-order valence-corrected chi connectivity index (χ0v) is 50.1. The average Bonchev–Trinajstić information content (AvgIpc) is 0.691. The van der Waals surface area contributed by atoms with Gasteiger partial charge in [0.05, 0.1) is 22.7 Å². The number of benzene rings is 14. The molecule has 0 fully saturated rings. The van der Waals surface area contributed by atoms with Crippen molar-refractivity contribution in [3.05, 3.63) is 340 Å². The van der Waals surface area contributed by atoms with Gasteiger partial charge in [-0.15, -0.1) is 0 Å². The van der Waals surface area contributed by atoms with E-state index in [2.05, 4.69) is 359 Å². The van der Waals surface area contributed by atoms with Crippen LogP contribution in [-0.2, 0) is 0 Å². The van der Waals surface area contributed by atoms with Gasteiger partial charge in [0.15, 0.2) is 0 Å². The maximum absolute atomic E-state index is 7.41. The van der Waals surface area contributed by atoms with E-state index in [1.807, 2.05) is 0 Å². The van der Waals surface area contributed by atoms with Crippen LogP contribution >= 0.6 is 0 Å². The van der Waals surface area contributed by atoms with Crippen molar-refractivity contribution in [2.24, 2.45) is 0 Å². The molecule has 6 nitrogen and oxygen atoms in total. The van der Waals surface area contributed by atoms with Crippen molar-refractivity contribution >= 4 is 114 Å². The van der Waals surface area contributed by atoms with Crippen molar-refractivity contribution in [1.29, 1.82) is 0 Å². The molecule has 0 N–H and O–H groups in total. The van der Waals surface area contributed by atoms with Gasteiger partial charge in [0.25, 0.3) is 13.4 Å². The average molecular weight is 1180 g/mol. The van der Waals surface area contributed by atoms with Crippen molar-refractivity contribution in [3.8, 4) is 56.4 Å². The molecule has 0 radical (unpaired) electrons.